The third-order valence-electron chi connectivity index (χ3n) is 4.17. The fourth-order valence-electron chi connectivity index (χ4n) is 2.60. The number of hydrogen-bond donors (Lipinski definition) is 0. The maximum atomic E-state index is 11.7. The first-order valence-electron chi connectivity index (χ1n) is 4.81. The molecule has 76 valence electrons. The van der Waals surface area contributed by atoms with Crippen LogP contribution in [0.1, 0.15) is 20.8 Å². The summed E-state index contributed by atoms with van der Waals surface area (Å²) in [6.45, 7) is 6.11. The molecule has 1 aliphatic heterocycles. The van der Waals surface area contributed by atoms with Crippen LogP contribution in [-0.4, -0.2) is 18.9 Å². The van der Waals surface area contributed by atoms with Crippen LogP contribution in [0.5, 0.6) is 0 Å². The van der Waals surface area contributed by atoms with Crippen molar-refractivity contribution in [1.82, 2.24) is 0 Å². The van der Waals surface area contributed by atoms with E-state index in [2.05, 4.69) is 0 Å². The van der Waals surface area contributed by atoms with Crippen molar-refractivity contribution in [3.8, 4) is 0 Å². The second kappa shape index (κ2) is 2.47. The Kier molecular flexibility index (Phi) is 1.66. The monoisotopic (exact) mass is 194 g/mol. The number of allylic oxidation sites excluding steroid dienone is 1. The van der Waals surface area contributed by atoms with Gasteiger partial charge in [0.1, 0.15) is 12.9 Å². The Balaban J connectivity index is 2.56. The predicted octanol–water partition coefficient (Wildman–Crippen LogP) is 1.33. The molecule has 0 saturated carbocycles. The molecular formula is C11H14O3. The van der Waals surface area contributed by atoms with Crippen LogP contribution >= 0.6 is 0 Å². The number of cyclic esters (lactones) is 1. The summed E-state index contributed by atoms with van der Waals surface area (Å²) >= 11 is 0. The molecule has 0 aromatic heterocycles. The molecule has 0 bridgehead atoms. The number of aldehydes is 1. The van der Waals surface area contributed by atoms with Crippen molar-refractivity contribution >= 4 is 12.3 Å². The number of ether oxygens (including phenoxy) is 1. The number of carbonyl (C=O) groups is 2. The fraction of sp³-hybridized carbons (Fsp3) is 0.636. The highest BCUT2D eigenvalue weighted by atomic mass is 16.5. The maximum absolute atomic E-state index is 11.7. The topological polar surface area (TPSA) is 43.4 Å². The Morgan fingerprint density at radius 3 is 2.79 bits per heavy atom. The third-order valence-corrected chi connectivity index (χ3v) is 4.17. The van der Waals surface area contributed by atoms with Crippen LogP contribution < -0.4 is 0 Å². The maximum Gasteiger partial charge on any atom is 0.313 e. The predicted molar refractivity (Wildman–Crippen MR) is 50.5 cm³/mol. The van der Waals surface area contributed by atoms with Crippen molar-refractivity contribution in [2.75, 3.05) is 6.61 Å². The molecule has 0 radical (unpaired) electrons. The second-order valence-electron chi connectivity index (χ2n) is 4.64. The van der Waals surface area contributed by atoms with E-state index >= 15 is 0 Å². The minimum atomic E-state index is -0.552. The Morgan fingerprint density at radius 2 is 2.21 bits per heavy atom. The quantitative estimate of drug-likeness (QED) is 0.467. The van der Waals surface area contributed by atoms with Crippen LogP contribution in [0.25, 0.3) is 0 Å². The summed E-state index contributed by atoms with van der Waals surface area (Å²) in [4.78, 5) is 22.6. The van der Waals surface area contributed by atoms with E-state index in [1.165, 1.54) is 0 Å². The molecule has 1 heterocycles. The van der Waals surface area contributed by atoms with Gasteiger partial charge in [0.2, 0.25) is 0 Å². The van der Waals surface area contributed by atoms with Gasteiger partial charge in [-0.25, -0.2) is 0 Å². The molecule has 1 aliphatic carbocycles. The zero-order valence-corrected chi connectivity index (χ0v) is 8.66. The molecule has 0 aromatic carbocycles. The van der Waals surface area contributed by atoms with Gasteiger partial charge in [-0.05, 0) is 18.4 Å². The molecule has 1 saturated heterocycles. The van der Waals surface area contributed by atoms with Gasteiger partial charge in [-0.1, -0.05) is 19.9 Å². The van der Waals surface area contributed by atoms with Crippen molar-refractivity contribution < 1.29 is 14.3 Å². The lowest BCUT2D eigenvalue weighted by atomic mass is 9.64. The van der Waals surface area contributed by atoms with E-state index in [4.69, 9.17) is 4.74 Å². The molecule has 2 aliphatic rings. The minimum Gasteiger partial charge on any atom is -0.464 e. The third kappa shape index (κ3) is 0.740. The summed E-state index contributed by atoms with van der Waals surface area (Å²) in [6.07, 6.45) is 2.75. The van der Waals surface area contributed by atoms with Gasteiger partial charge in [0, 0.05) is 5.41 Å². The molecule has 0 aromatic rings. The Hall–Kier alpha value is -1.12. The summed E-state index contributed by atoms with van der Waals surface area (Å²) in [5, 5.41) is 0. The Labute approximate surface area is 83.1 Å². The lowest BCUT2D eigenvalue weighted by Crippen LogP contribution is -2.40. The van der Waals surface area contributed by atoms with Gasteiger partial charge in [0.05, 0.1) is 5.41 Å². The summed E-state index contributed by atoms with van der Waals surface area (Å²) in [5.74, 6) is -0.108. The lowest BCUT2D eigenvalue weighted by molar-refractivity contribution is -0.147. The molecule has 0 spiro atoms. The molecule has 1 fully saturated rings. The smallest absolute Gasteiger partial charge is 0.313 e. The van der Waals surface area contributed by atoms with Crippen molar-refractivity contribution in [2.24, 2.45) is 16.7 Å². The van der Waals surface area contributed by atoms with Crippen LogP contribution in [0.2, 0.25) is 0 Å². The summed E-state index contributed by atoms with van der Waals surface area (Å²) < 4.78 is 5.09. The molecular weight excluding hydrogens is 180 g/mol. The van der Waals surface area contributed by atoms with E-state index in [1.807, 2.05) is 26.8 Å². The average Bonchev–Trinajstić information content (AvgIpc) is 2.50. The van der Waals surface area contributed by atoms with Gasteiger partial charge in [-0.15, -0.1) is 0 Å². The lowest BCUT2D eigenvalue weighted by Gasteiger charge is -2.33. The number of rotatable bonds is 1. The first-order chi connectivity index (χ1) is 6.46. The van der Waals surface area contributed by atoms with Gasteiger partial charge in [0.25, 0.3) is 0 Å². The number of carbonyl (C=O) groups excluding carboxylic acids is 2. The Morgan fingerprint density at radius 1 is 1.57 bits per heavy atom. The first-order valence-corrected chi connectivity index (χ1v) is 4.81. The number of fused-ring (bicyclic) bond motifs is 1. The SMILES string of the molecule is C[C@@H]1C=C(C=O)[C@]2(C)COC(=O)[C@]12C. The van der Waals surface area contributed by atoms with Crippen LogP contribution in [0.15, 0.2) is 11.6 Å². The molecule has 0 unspecified atom stereocenters. The molecule has 2 rings (SSSR count). The largest absolute Gasteiger partial charge is 0.464 e. The molecule has 3 nitrogen and oxygen atoms in total. The van der Waals surface area contributed by atoms with Gasteiger partial charge >= 0.3 is 5.97 Å². The minimum absolute atomic E-state index is 0.0719. The highest BCUT2D eigenvalue weighted by Gasteiger charge is 2.64. The zero-order valence-electron chi connectivity index (χ0n) is 8.66. The van der Waals surface area contributed by atoms with Crippen molar-refractivity contribution in [1.29, 1.82) is 0 Å². The van der Waals surface area contributed by atoms with Crippen LogP contribution in [-0.2, 0) is 14.3 Å². The summed E-state index contributed by atoms with van der Waals surface area (Å²) in [7, 11) is 0. The van der Waals surface area contributed by atoms with E-state index in [0.29, 0.717) is 12.2 Å². The van der Waals surface area contributed by atoms with E-state index in [-0.39, 0.29) is 11.9 Å². The zero-order chi connectivity index (χ0) is 10.6. The van der Waals surface area contributed by atoms with Crippen LogP contribution in [0.3, 0.4) is 0 Å². The van der Waals surface area contributed by atoms with Crippen molar-refractivity contribution in [3.63, 3.8) is 0 Å². The number of hydrogen-bond acceptors (Lipinski definition) is 3. The normalized spacial score (nSPS) is 45.8. The van der Waals surface area contributed by atoms with Gasteiger partial charge < -0.3 is 4.74 Å². The summed E-state index contributed by atoms with van der Waals surface area (Å²) in [5.41, 5.74) is -0.271. The fourth-order valence-corrected chi connectivity index (χ4v) is 2.60. The van der Waals surface area contributed by atoms with Crippen LogP contribution in [0, 0.1) is 16.7 Å². The molecule has 14 heavy (non-hydrogen) atoms. The van der Waals surface area contributed by atoms with Gasteiger partial charge in [-0.3, -0.25) is 9.59 Å². The second-order valence-corrected chi connectivity index (χ2v) is 4.64. The van der Waals surface area contributed by atoms with Crippen LogP contribution in [0.4, 0.5) is 0 Å². The summed E-state index contributed by atoms with van der Waals surface area (Å²) in [6, 6.07) is 0. The van der Waals surface area contributed by atoms with E-state index < -0.39 is 10.8 Å². The standard InChI is InChI=1S/C11H14O3/c1-7-4-8(5-12)10(2)6-14-9(13)11(7,10)3/h4-5,7H,6H2,1-3H3/t7-,10+,11+/m1/s1. The molecule has 0 amide bonds. The molecule has 3 atom stereocenters. The van der Waals surface area contributed by atoms with Gasteiger partial charge in [0.15, 0.2) is 0 Å². The van der Waals surface area contributed by atoms with E-state index in [9.17, 15) is 9.59 Å². The van der Waals surface area contributed by atoms with E-state index in [0.717, 1.165) is 6.29 Å². The van der Waals surface area contributed by atoms with Crippen molar-refractivity contribution in [3.05, 3.63) is 11.6 Å². The highest BCUT2D eigenvalue weighted by Crippen LogP contribution is 2.59. The van der Waals surface area contributed by atoms with E-state index in [1.54, 1.807) is 0 Å². The van der Waals surface area contributed by atoms with Crippen molar-refractivity contribution in [2.45, 2.75) is 20.8 Å². The molecule has 0 N–H and O–H groups in total. The average molecular weight is 194 g/mol. The highest BCUT2D eigenvalue weighted by molar-refractivity contribution is 5.88. The first kappa shape index (κ1) is 9.44. The number of esters is 1. The van der Waals surface area contributed by atoms with Gasteiger partial charge in [-0.2, -0.15) is 0 Å². The Bertz CT molecular complexity index is 344. The molecule has 3 heteroatoms.